The number of ether oxygens (including phenoxy) is 1. The zero-order valence-corrected chi connectivity index (χ0v) is 13.9. The molecule has 0 spiro atoms. The molecule has 1 fully saturated rings. The minimum Gasteiger partial charge on any atom is -0.486 e. The van der Waals surface area contributed by atoms with Gasteiger partial charge in [0, 0.05) is 12.3 Å². The van der Waals surface area contributed by atoms with Crippen LogP contribution in [0.3, 0.4) is 0 Å². The van der Waals surface area contributed by atoms with Crippen LogP contribution in [0.1, 0.15) is 30.4 Å². The van der Waals surface area contributed by atoms with E-state index in [1.807, 2.05) is 0 Å². The Balaban J connectivity index is 1.52. The van der Waals surface area contributed by atoms with E-state index in [4.69, 9.17) is 4.74 Å². The first-order valence-corrected chi connectivity index (χ1v) is 9.07. The Kier molecular flexibility index (Phi) is 3.16. The molecule has 0 N–H and O–H groups in total. The zero-order valence-electron chi connectivity index (χ0n) is 13.9. The van der Waals surface area contributed by atoms with E-state index in [0.29, 0.717) is 5.92 Å². The minimum atomic E-state index is -0.00316. The second kappa shape index (κ2) is 5.37. The number of para-hydroxylation sites is 1. The summed E-state index contributed by atoms with van der Waals surface area (Å²) in [4.78, 5) is 0. The van der Waals surface area contributed by atoms with Gasteiger partial charge in [-0.25, -0.2) is 0 Å². The summed E-state index contributed by atoms with van der Waals surface area (Å²) in [5.41, 5.74) is 2.79. The second-order valence-electron chi connectivity index (χ2n) is 7.43. The Morgan fingerprint density at radius 3 is 2.71 bits per heavy atom. The first-order chi connectivity index (χ1) is 11.8. The Hall–Kier alpha value is -2.28. The highest BCUT2D eigenvalue weighted by atomic mass is 16.5. The topological polar surface area (TPSA) is 9.23 Å². The Morgan fingerprint density at radius 1 is 0.917 bits per heavy atom. The number of fused-ring (bicyclic) bond motifs is 3. The Morgan fingerprint density at radius 2 is 1.75 bits per heavy atom. The molecule has 1 aliphatic carbocycles. The summed E-state index contributed by atoms with van der Waals surface area (Å²) in [5, 5.41) is 2.65. The molecule has 0 aromatic heterocycles. The summed E-state index contributed by atoms with van der Waals surface area (Å²) in [6.45, 7) is 0. The summed E-state index contributed by atoms with van der Waals surface area (Å²) >= 11 is 0. The van der Waals surface area contributed by atoms with Crippen molar-refractivity contribution in [1.29, 1.82) is 0 Å². The van der Waals surface area contributed by atoms with Gasteiger partial charge in [0.15, 0.2) is 0 Å². The van der Waals surface area contributed by atoms with Crippen molar-refractivity contribution < 1.29 is 4.74 Å². The van der Waals surface area contributed by atoms with Gasteiger partial charge in [-0.3, -0.25) is 0 Å². The van der Waals surface area contributed by atoms with E-state index in [9.17, 15) is 0 Å². The third-order valence-corrected chi connectivity index (χ3v) is 5.97. The van der Waals surface area contributed by atoms with Gasteiger partial charge >= 0.3 is 0 Å². The number of hydrogen-bond acceptors (Lipinski definition) is 1. The van der Waals surface area contributed by atoms with Crippen molar-refractivity contribution in [1.82, 2.24) is 0 Å². The molecule has 1 heteroatoms. The van der Waals surface area contributed by atoms with E-state index in [0.717, 1.165) is 12.2 Å². The smallest absolute Gasteiger partial charge is 0.123 e. The number of hydrogen-bond donors (Lipinski definition) is 0. The zero-order chi connectivity index (χ0) is 16.0. The Labute approximate surface area is 143 Å². The lowest BCUT2D eigenvalue weighted by molar-refractivity contribution is 0.0146. The molecule has 0 amide bonds. The lowest BCUT2D eigenvalue weighted by atomic mass is 9.78. The minimum absolute atomic E-state index is 0.00316. The van der Waals surface area contributed by atoms with E-state index in [-0.39, 0.29) is 5.60 Å². The van der Waals surface area contributed by atoms with Crippen molar-refractivity contribution in [2.75, 3.05) is 0 Å². The van der Waals surface area contributed by atoms with Crippen LogP contribution < -0.4 is 4.74 Å². The van der Waals surface area contributed by atoms with Crippen molar-refractivity contribution in [2.45, 2.75) is 37.7 Å². The van der Waals surface area contributed by atoms with E-state index >= 15 is 0 Å². The van der Waals surface area contributed by atoms with Crippen molar-refractivity contribution in [2.24, 2.45) is 5.92 Å². The van der Waals surface area contributed by atoms with Crippen LogP contribution in [0.25, 0.3) is 10.8 Å². The van der Waals surface area contributed by atoms with E-state index in [1.54, 1.807) is 0 Å². The van der Waals surface area contributed by atoms with Crippen LogP contribution in [-0.4, -0.2) is 5.60 Å². The van der Waals surface area contributed by atoms with Crippen LogP contribution in [0.15, 0.2) is 66.7 Å². The molecule has 0 radical (unpaired) electrons. The monoisotopic (exact) mass is 314 g/mol. The number of benzene rings is 3. The van der Waals surface area contributed by atoms with Gasteiger partial charge in [-0.1, -0.05) is 60.7 Å². The summed E-state index contributed by atoms with van der Waals surface area (Å²) in [7, 11) is 0. The lowest BCUT2D eigenvalue weighted by Crippen LogP contribution is -2.45. The lowest BCUT2D eigenvalue weighted by Gasteiger charge is -2.41. The molecule has 0 unspecified atom stereocenters. The van der Waals surface area contributed by atoms with Gasteiger partial charge < -0.3 is 4.74 Å². The number of rotatable bonds is 2. The van der Waals surface area contributed by atoms with Crippen LogP contribution in [0.2, 0.25) is 0 Å². The molecule has 0 bridgehead atoms. The molecule has 2 aliphatic rings. The normalized spacial score (nSPS) is 25.1. The SMILES string of the molecule is c1ccc2c(c1)C[C@H]1CCC[C@@]1(Cc1ccc3ccccc3c1)O2. The molecular formula is C23H22O. The first kappa shape index (κ1) is 14.1. The molecule has 2 atom stereocenters. The highest BCUT2D eigenvalue weighted by Crippen LogP contribution is 2.48. The van der Waals surface area contributed by atoms with E-state index in [1.165, 1.54) is 47.6 Å². The summed E-state index contributed by atoms with van der Waals surface area (Å²) < 4.78 is 6.66. The highest BCUT2D eigenvalue weighted by Gasteiger charge is 2.47. The van der Waals surface area contributed by atoms with Gasteiger partial charge in [0.1, 0.15) is 11.4 Å². The van der Waals surface area contributed by atoms with Crippen LogP contribution in [0.5, 0.6) is 5.75 Å². The van der Waals surface area contributed by atoms with Gasteiger partial charge in [0.2, 0.25) is 0 Å². The van der Waals surface area contributed by atoms with Gasteiger partial charge in [0.25, 0.3) is 0 Å². The molecule has 24 heavy (non-hydrogen) atoms. The van der Waals surface area contributed by atoms with Crippen molar-refractivity contribution in [3.63, 3.8) is 0 Å². The summed E-state index contributed by atoms with van der Waals surface area (Å²) in [6, 6.07) is 24.1. The quantitative estimate of drug-likeness (QED) is 0.602. The van der Waals surface area contributed by atoms with Crippen LogP contribution >= 0.6 is 0 Å². The molecule has 1 heterocycles. The maximum Gasteiger partial charge on any atom is 0.123 e. The average molecular weight is 314 g/mol. The summed E-state index contributed by atoms with van der Waals surface area (Å²) in [5.74, 6) is 1.76. The summed E-state index contributed by atoms with van der Waals surface area (Å²) in [6.07, 6.45) is 5.95. The van der Waals surface area contributed by atoms with E-state index in [2.05, 4.69) is 66.7 Å². The molecule has 0 saturated heterocycles. The molecule has 3 aromatic rings. The van der Waals surface area contributed by atoms with Crippen molar-refractivity contribution in [3.8, 4) is 5.75 Å². The average Bonchev–Trinajstić information content (AvgIpc) is 3.01. The van der Waals surface area contributed by atoms with Gasteiger partial charge in [-0.2, -0.15) is 0 Å². The maximum atomic E-state index is 6.66. The highest BCUT2D eigenvalue weighted by molar-refractivity contribution is 5.83. The Bertz CT molecular complexity index is 897. The third kappa shape index (κ3) is 2.23. The third-order valence-electron chi connectivity index (χ3n) is 5.97. The van der Waals surface area contributed by atoms with Gasteiger partial charge in [0.05, 0.1) is 0 Å². The van der Waals surface area contributed by atoms with Crippen LogP contribution in [0.4, 0.5) is 0 Å². The fourth-order valence-corrected chi connectivity index (χ4v) is 4.76. The molecule has 3 aromatic carbocycles. The van der Waals surface area contributed by atoms with E-state index < -0.39 is 0 Å². The molecule has 1 aliphatic heterocycles. The van der Waals surface area contributed by atoms with Crippen molar-refractivity contribution >= 4 is 10.8 Å². The predicted octanol–water partition coefficient (Wildman–Crippen LogP) is 5.56. The molecule has 120 valence electrons. The molecule has 1 nitrogen and oxygen atoms in total. The van der Waals surface area contributed by atoms with Gasteiger partial charge in [-0.05, 0) is 53.6 Å². The predicted molar refractivity (Wildman–Crippen MR) is 98.5 cm³/mol. The second-order valence-corrected chi connectivity index (χ2v) is 7.43. The first-order valence-electron chi connectivity index (χ1n) is 9.07. The fourth-order valence-electron chi connectivity index (χ4n) is 4.76. The molecular weight excluding hydrogens is 292 g/mol. The molecule has 1 saturated carbocycles. The van der Waals surface area contributed by atoms with Crippen molar-refractivity contribution in [3.05, 3.63) is 77.9 Å². The molecule has 5 rings (SSSR count). The standard InChI is InChI=1S/C23H22O/c1-2-7-19-14-17(11-12-18(19)6-1)16-23-13-5-9-21(23)15-20-8-3-4-10-22(20)24-23/h1-4,6-8,10-12,14,21H,5,9,13,15-16H2/t21-,23+/m1/s1. The maximum absolute atomic E-state index is 6.66. The fraction of sp³-hybridized carbons (Fsp3) is 0.304. The largest absolute Gasteiger partial charge is 0.486 e. The van der Waals surface area contributed by atoms with Crippen LogP contribution in [-0.2, 0) is 12.8 Å². The van der Waals surface area contributed by atoms with Crippen LogP contribution in [0, 0.1) is 5.92 Å². The van der Waals surface area contributed by atoms with Gasteiger partial charge in [-0.15, -0.1) is 0 Å².